The summed E-state index contributed by atoms with van der Waals surface area (Å²) in [5, 5.41) is 1.56. The van der Waals surface area contributed by atoms with Gasteiger partial charge in [-0.05, 0) is 0 Å². The Morgan fingerprint density at radius 2 is 1.93 bits per heavy atom. The molecule has 1 aliphatic heterocycles. The molecule has 15 heavy (non-hydrogen) atoms. The molecule has 0 atom stereocenters. The molecule has 0 N–H and O–H groups in total. The third-order valence-corrected chi connectivity index (χ3v) is 5.92. The number of hydrogen-bond donors (Lipinski definition) is 0. The molecule has 0 saturated carbocycles. The monoisotopic (exact) mass is 265 g/mol. The van der Waals surface area contributed by atoms with Gasteiger partial charge in [0, 0.05) is 0 Å². The van der Waals surface area contributed by atoms with Crippen molar-refractivity contribution in [3.8, 4) is 0 Å². The van der Waals surface area contributed by atoms with Gasteiger partial charge in [-0.1, -0.05) is 0 Å². The minimum atomic E-state index is 0.622. The van der Waals surface area contributed by atoms with Gasteiger partial charge in [0.1, 0.15) is 0 Å². The van der Waals surface area contributed by atoms with E-state index in [2.05, 4.69) is 36.2 Å². The summed E-state index contributed by atoms with van der Waals surface area (Å²) in [5.74, 6) is 0. The maximum absolute atomic E-state index is 2.46. The van der Waals surface area contributed by atoms with Crippen LogP contribution in [0.5, 0.6) is 0 Å². The molecule has 0 bridgehead atoms. The third kappa shape index (κ3) is 1.67. The molecule has 0 fully saturated rings. The van der Waals surface area contributed by atoms with E-state index in [9.17, 15) is 0 Å². The van der Waals surface area contributed by atoms with Gasteiger partial charge in [0.15, 0.2) is 0 Å². The molecule has 2 heterocycles. The van der Waals surface area contributed by atoms with Crippen LogP contribution in [-0.4, -0.2) is 39.5 Å². The second-order valence-electron chi connectivity index (χ2n) is 4.30. The molecule has 1 aromatic heterocycles. The molecular weight excluding hydrogens is 249 g/mol. The van der Waals surface area contributed by atoms with E-state index >= 15 is 0 Å². The summed E-state index contributed by atoms with van der Waals surface area (Å²) in [6.45, 7) is 2.47. The molecule has 1 aromatic carbocycles. The molecule has 0 spiro atoms. The van der Waals surface area contributed by atoms with E-state index in [1.165, 1.54) is 25.9 Å². The predicted octanol–water partition coefficient (Wildman–Crippen LogP) is 1.93. The number of benzene rings is 1. The van der Waals surface area contributed by atoms with Crippen molar-refractivity contribution < 1.29 is 0 Å². The zero-order valence-corrected chi connectivity index (χ0v) is 10.7. The Kier molecular flexibility index (Phi) is 2.44. The van der Waals surface area contributed by atoms with Crippen molar-refractivity contribution in [3.63, 3.8) is 0 Å². The molecule has 0 saturated heterocycles. The van der Waals surface area contributed by atoms with Crippen LogP contribution in [0.25, 0.3) is 9.65 Å². The molecule has 2 heteroatoms. The number of hydrogen-bond acceptors (Lipinski definition) is 1. The van der Waals surface area contributed by atoms with Gasteiger partial charge in [0.05, 0.1) is 0 Å². The van der Waals surface area contributed by atoms with E-state index in [1.807, 2.05) is 0 Å². The van der Waals surface area contributed by atoms with Crippen LogP contribution in [0.2, 0.25) is 0 Å². The van der Waals surface area contributed by atoms with Gasteiger partial charge >= 0.3 is 96.3 Å². The number of nitrogens with zero attached hydrogens (tertiary/aromatic N) is 1. The first-order valence-electron chi connectivity index (χ1n) is 5.52. The fourth-order valence-electron chi connectivity index (χ4n) is 2.33. The Bertz CT molecular complexity index is 486. The first-order chi connectivity index (χ1) is 7.34. The molecule has 0 amide bonds. The normalized spacial score (nSPS) is 17.7. The fraction of sp³-hybridized carbons (Fsp3) is 0.385. The molecule has 0 radical (unpaired) electrons. The summed E-state index contributed by atoms with van der Waals surface area (Å²) >= 11 is 0.622. The van der Waals surface area contributed by atoms with Crippen molar-refractivity contribution in [2.75, 3.05) is 20.1 Å². The zero-order chi connectivity index (χ0) is 10.3. The van der Waals surface area contributed by atoms with Crippen molar-refractivity contribution >= 4 is 24.1 Å². The summed E-state index contributed by atoms with van der Waals surface area (Å²) < 4.78 is 3.37. The summed E-state index contributed by atoms with van der Waals surface area (Å²) in [6.07, 6.45) is 2.55. The first-order valence-corrected chi connectivity index (χ1v) is 7.24. The van der Waals surface area contributed by atoms with Crippen molar-refractivity contribution in [3.05, 3.63) is 34.3 Å². The van der Waals surface area contributed by atoms with Gasteiger partial charge in [-0.15, -0.1) is 0 Å². The van der Waals surface area contributed by atoms with Crippen LogP contribution >= 0.6 is 0 Å². The molecule has 78 valence electrons. The van der Waals surface area contributed by atoms with E-state index in [0.29, 0.717) is 14.5 Å². The summed E-state index contributed by atoms with van der Waals surface area (Å²) in [5.41, 5.74) is 1.68. The van der Waals surface area contributed by atoms with Gasteiger partial charge in [-0.25, -0.2) is 0 Å². The average Bonchev–Trinajstić information content (AvgIpc) is 2.51. The first kappa shape index (κ1) is 9.65. The van der Waals surface area contributed by atoms with Gasteiger partial charge < -0.3 is 0 Å². The SMILES string of the molecule is CN1CCc2[se]c3ccccc3c2CC1. The van der Waals surface area contributed by atoms with Crippen LogP contribution in [0, 0.1) is 0 Å². The Labute approximate surface area is 96.4 Å². The zero-order valence-electron chi connectivity index (χ0n) is 8.99. The van der Waals surface area contributed by atoms with E-state index in [4.69, 9.17) is 0 Å². The van der Waals surface area contributed by atoms with Crippen molar-refractivity contribution in [1.29, 1.82) is 0 Å². The van der Waals surface area contributed by atoms with Gasteiger partial charge in [-0.2, -0.15) is 0 Å². The van der Waals surface area contributed by atoms with E-state index < -0.39 is 0 Å². The standard InChI is InChI=1S/C13H15NSe/c1-14-8-6-11-10-4-2-3-5-12(10)15-13(11)7-9-14/h2-5H,6-9H2,1H3. The van der Waals surface area contributed by atoms with E-state index in [1.54, 1.807) is 19.6 Å². The second kappa shape index (κ2) is 3.79. The van der Waals surface area contributed by atoms with E-state index in [-0.39, 0.29) is 0 Å². The van der Waals surface area contributed by atoms with Crippen LogP contribution in [-0.2, 0) is 12.8 Å². The summed E-state index contributed by atoms with van der Waals surface area (Å²) in [6, 6.07) is 8.98. The molecule has 0 unspecified atom stereocenters. The number of likely N-dealkylation sites (N-methyl/N-ethyl adjacent to an activating group) is 1. The van der Waals surface area contributed by atoms with Crippen molar-refractivity contribution in [1.82, 2.24) is 4.90 Å². The van der Waals surface area contributed by atoms with Crippen LogP contribution in [0.3, 0.4) is 0 Å². The number of fused-ring (bicyclic) bond motifs is 3. The molecular formula is C13H15NSe. The van der Waals surface area contributed by atoms with Crippen molar-refractivity contribution in [2.45, 2.75) is 12.8 Å². The quantitative estimate of drug-likeness (QED) is 0.657. The van der Waals surface area contributed by atoms with Crippen LogP contribution < -0.4 is 0 Å². The van der Waals surface area contributed by atoms with Crippen molar-refractivity contribution in [2.24, 2.45) is 0 Å². The Balaban J connectivity index is 2.15. The maximum atomic E-state index is 2.46. The molecule has 0 aliphatic carbocycles. The molecule has 1 nitrogen and oxygen atoms in total. The summed E-state index contributed by atoms with van der Waals surface area (Å²) in [4.78, 5) is 2.46. The number of rotatable bonds is 0. The van der Waals surface area contributed by atoms with Gasteiger partial charge in [0.25, 0.3) is 0 Å². The second-order valence-corrected chi connectivity index (χ2v) is 6.69. The predicted molar refractivity (Wildman–Crippen MR) is 65.8 cm³/mol. The Morgan fingerprint density at radius 3 is 2.87 bits per heavy atom. The van der Waals surface area contributed by atoms with E-state index in [0.717, 1.165) is 0 Å². The topological polar surface area (TPSA) is 3.24 Å². The Morgan fingerprint density at radius 1 is 1.13 bits per heavy atom. The van der Waals surface area contributed by atoms with Crippen LogP contribution in [0.15, 0.2) is 24.3 Å². The van der Waals surface area contributed by atoms with Crippen LogP contribution in [0.4, 0.5) is 0 Å². The molecule has 3 rings (SSSR count). The fourth-order valence-corrected chi connectivity index (χ4v) is 4.94. The van der Waals surface area contributed by atoms with Crippen LogP contribution in [0.1, 0.15) is 10.0 Å². The third-order valence-electron chi connectivity index (χ3n) is 3.25. The Hall–Kier alpha value is -0.561. The minimum absolute atomic E-state index is 0.622. The van der Waals surface area contributed by atoms with Gasteiger partial charge in [0.2, 0.25) is 0 Å². The summed E-state index contributed by atoms with van der Waals surface area (Å²) in [7, 11) is 2.24. The van der Waals surface area contributed by atoms with Gasteiger partial charge in [-0.3, -0.25) is 0 Å². The average molecular weight is 264 g/mol. The molecule has 1 aliphatic rings. The molecule has 2 aromatic rings.